The molecule has 0 atom stereocenters. The quantitative estimate of drug-likeness (QED) is 0.841. The fourth-order valence-corrected chi connectivity index (χ4v) is 2.86. The van der Waals surface area contributed by atoms with Crippen LogP contribution >= 0.6 is 0 Å². The summed E-state index contributed by atoms with van der Waals surface area (Å²) in [6.07, 6.45) is 1.16. The van der Waals surface area contributed by atoms with Crippen LogP contribution in [0.1, 0.15) is 16.7 Å². The van der Waals surface area contributed by atoms with E-state index < -0.39 is 0 Å². The molecular formula is C18H21NO. The molecule has 0 saturated heterocycles. The third-order valence-corrected chi connectivity index (χ3v) is 4.00. The molecule has 0 saturated carbocycles. The Morgan fingerprint density at radius 2 is 1.90 bits per heavy atom. The summed E-state index contributed by atoms with van der Waals surface area (Å²) >= 11 is 0. The number of ether oxygens (including phenoxy) is 1. The molecule has 0 N–H and O–H groups in total. The summed E-state index contributed by atoms with van der Waals surface area (Å²) in [5, 5.41) is 0. The Labute approximate surface area is 121 Å². The van der Waals surface area contributed by atoms with E-state index in [2.05, 4.69) is 30.0 Å². The number of para-hydroxylation sites is 1. The van der Waals surface area contributed by atoms with Gasteiger partial charge in [0.05, 0.1) is 0 Å². The van der Waals surface area contributed by atoms with E-state index in [0.29, 0.717) is 0 Å². The van der Waals surface area contributed by atoms with Crippen molar-refractivity contribution in [2.24, 2.45) is 0 Å². The van der Waals surface area contributed by atoms with Gasteiger partial charge >= 0.3 is 0 Å². The van der Waals surface area contributed by atoms with Gasteiger partial charge in [-0.25, -0.2) is 0 Å². The molecule has 104 valence electrons. The molecule has 1 heterocycles. The topological polar surface area (TPSA) is 12.5 Å². The van der Waals surface area contributed by atoms with Crippen molar-refractivity contribution in [3.05, 3.63) is 65.2 Å². The number of aryl methyl sites for hydroxylation is 1. The molecule has 0 spiro atoms. The number of rotatable bonds is 4. The molecular weight excluding hydrogens is 246 g/mol. The molecule has 0 aromatic heterocycles. The van der Waals surface area contributed by atoms with Crippen LogP contribution in [0.2, 0.25) is 0 Å². The van der Waals surface area contributed by atoms with E-state index in [9.17, 15) is 0 Å². The third-order valence-electron chi connectivity index (χ3n) is 4.00. The van der Waals surface area contributed by atoms with Gasteiger partial charge in [-0.1, -0.05) is 36.4 Å². The van der Waals surface area contributed by atoms with Crippen molar-refractivity contribution >= 4 is 0 Å². The van der Waals surface area contributed by atoms with E-state index in [0.717, 1.165) is 38.4 Å². The fourth-order valence-electron chi connectivity index (χ4n) is 2.86. The Bertz CT molecular complexity index is 565. The van der Waals surface area contributed by atoms with E-state index in [4.69, 9.17) is 4.74 Å². The van der Waals surface area contributed by atoms with E-state index >= 15 is 0 Å². The largest absolute Gasteiger partial charge is 0.492 e. The highest BCUT2D eigenvalue weighted by Gasteiger charge is 2.16. The lowest BCUT2D eigenvalue weighted by molar-refractivity contribution is 0.196. The Morgan fingerprint density at radius 1 is 1.05 bits per heavy atom. The normalized spacial score (nSPS) is 14.8. The zero-order valence-electron chi connectivity index (χ0n) is 12.0. The molecule has 2 heteroatoms. The van der Waals surface area contributed by atoms with E-state index in [-0.39, 0.29) is 0 Å². The van der Waals surface area contributed by atoms with Crippen molar-refractivity contribution in [1.29, 1.82) is 0 Å². The van der Waals surface area contributed by atoms with Crippen molar-refractivity contribution in [2.45, 2.75) is 19.9 Å². The fraction of sp³-hybridized carbons (Fsp3) is 0.333. The summed E-state index contributed by atoms with van der Waals surface area (Å²) in [5.74, 6) is 0.959. The van der Waals surface area contributed by atoms with Crippen molar-refractivity contribution in [3.63, 3.8) is 0 Å². The molecule has 2 aromatic carbocycles. The maximum Gasteiger partial charge on any atom is 0.119 e. The van der Waals surface area contributed by atoms with Crippen LogP contribution in [0.4, 0.5) is 0 Å². The molecule has 0 unspecified atom stereocenters. The van der Waals surface area contributed by atoms with Gasteiger partial charge in [0.1, 0.15) is 12.4 Å². The summed E-state index contributed by atoms with van der Waals surface area (Å²) in [6, 6.07) is 16.7. The standard InChI is InChI=1S/C18H21NO/c1-15-6-5-7-16-14-19(11-10-18(15)16)12-13-20-17-8-3-2-4-9-17/h2-9H,10-14H2,1H3. The van der Waals surface area contributed by atoms with Crippen LogP contribution in [-0.2, 0) is 13.0 Å². The second-order valence-corrected chi connectivity index (χ2v) is 5.40. The predicted molar refractivity (Wildman–Crippen MR) is 82.1 cm³/mol. The van der Waals surface area contributed by atoms with Crippen LogP contribution in [0.15, 0.2) is 48.5 Å². The maximum atomic E-state index is 5.78. The van der Waals surface area contributed by atoms with Gasteiger partial charge in [0.2, 0.25) is 0 Å². The lowest BCUT2D eigenvalue weighted by atomic mass is 9.95. The predicted octanol–water partition coefficient (Wildman–Crippen LogP) is 3.43. The van der Waals surface area contributed by atoms with Gasteiger partial charge in [0.15, 0.2) is 0 Å². The Balaban J connectivity index is 1.53. The van der Waals surface area contributed by atoms with E-state index in [1.54, 1.807) is 5.56 Å². The molecule has 0 amide bonds. The monoisotopic (exact) mass is 267 g/mol. The zero-order chi connectivity index (χ0) is 13.8. The van der Waals surface area contributed by atoms with Crippen LogP contribution in [0, 0.1) is 6.92 Å². The molecule has 2 aromatic rings. The second kappa shape index (κ2) is 6.10. The molecule has 3 rings (SSSR count). The summed E-state index contributed by atoms with van der Waals surface area (Å²) in [4.78, 5) is 2.48. The summed E-state index contributed by atoms with van der Waals surface area (Å²) in [6.45, 7) is 6.14. The third kappa shape index (κ3) is 3.02. The average molecular weight is 267 g/mol. The molecule has 20 heavy (non-hydrogen) atoms. The molecule has 1 aliphatic heterocycles. The Kier molecular flexibility index (Phi) is 4.03. The maximum absolute atomic E-state index is 5.78. The molecule has 1 aliphatic rings. The number of fused-ring (bicyclic) bond motifs is 1. The summed E-state index contributed by atoms with van der Waals surface area (Å²) in [5.41, 5.74) is 4.46. The first kappa shape index (κ1) is 13.2. The minimum atomic E-state index is 0.755. The van der Waals surface area contributed by atoms with Crippen molar-refractivity contribution in [3.8, 4) is 5.75 Å². The van der Waals surface area contributed by atoms with Crippen molar-refractivity contribution in [2.75, 3.05) is 19.7 Å². The van der Waals surface area contributed by atoms with Crippen LogP contribution in [-0.4, -0.2) is 24.6 Å². The number of benzene rings is 2. The van der Waals surface area contributed by atoms with Crippen LogP contribution in [0.5, 0.6) is 5.75 Å². The first-order valence-corrected chi connectivity index (χ1v) is 7.30. The lowest BCUT2D eigenvalue weighted by Gasteiger charge is -2.29. The SMILES string of the molecule is Cc1cccc2c1CCN(CCOc1ccccc1)C2. The van der Waals surface area contributed by atoms with E-state index in [1.165, 1.54) is 11.1 Å². The van der Waals surface area contributed by atoms with Crippen molar-refractivity contribution in [1.82, 2.24) is 4.90 Å². The van der Waals surface area contributed by atoms with Crippen LogP contribution in [0.3, 0.4) is 0 Å². The summed E-state index contributed by atoms with van der Waals surface area (Å²) in [7, 11) is 0. The van der Waals surface area contributed by atoms with Gasteiger partial charge in [-0.3, -0.25) is 4.90 Å². The molecule has 2 nitrogen and oxygen atoms in total. The van der Waals surface area contributed by atoms with Gasteiger partial charge in [-0.15, -0.1) is 0 Å². The first-order valence-electron chi connectivity index (χ1n) is 7.30. The second-order valence-electron chi connectivity index (χ2n) is 5.40. The number of hydrogen-bond donors (Lipinski definition) is 0. The number of hydrogen-bond acceptors (Lipinski definition) is 2. The van der Waals surface area contributed by atoms with Crippen molar-refractivity contribution < 1.29 is 4.74 Å². The van der Waals surface area contributed by atoms with Crippen LogP contribution < -0.4 is 4.74 Å². The van der Waals surface area contributed by atoms with Gasteiger partial charge in [0, 0.05) is 19.6 Å². The highest BCUT2D eigenvalue weighted by Crippen LogP contribution is 2.21. The summed E-state index contributed by atoms with van der Waals surface area (Å²) < 4.78 is 5.78. The van der Waals surface area contributed by atoms with E-state index in [1.807, 2.05) is 30.3 Å². The highest BCUT2D eigenvalue weighted by molar-refractivity contribution is 5.36. The minimum Gasteiger partial charge on any atom is -0.492 e. The van der Waals surface area contributed by atoms with Crippen LogP contribution in [0.25, 0.3) is 0 Å². The van der Waals surface area contributed by atoms with Gasteiger partial charge in [-0.05, 0) is 42.2 Å². The molecule has 0 fully saturated rings. The first-order chi connectivity index (χ1) is 9.83. The number of nitrogens with zero attached hydrogens (tertiary/aromatic N) is 1. The Morgan fingerprint density at radius 3 is 2.75 bits per heavy atom. The highest BCUT2D eigenvalue weighted by atomic mass is 16.5. The molecule has 0 bridgehead atoms. The average Bonchev–Trinajstić information content (AvgIpc) is 2.48. The van der Waals surface area contributed by atoms with Gasteiger partial charge < -0.3 is 4.74 Å². The smallest absolute Gasteiger partial charge is 0.119 e. The molecule has 0 aliphatic carbocycles. The van der Waals surface area contributed by atoms with Gasteiger partial charge in [-0.2, -0.15) is 0 Å². The lowest BCUT2D eigenvalue weighted by Crippen LogP contribution is -2.34. The minimum absolute atomic E-state index is 0.755. The van der Waals surface area contributed by atoms with Gasteiger partial charge in [0.25, 0.3) is 0 Å². The Hall–Kier alpha value is -1.80. The molecule has 0 radical (unpaired) electrons. The zero-order valence-corrected chi connectivity index (χ0v) is 12.0.